The van der Waals surface area contributed by atoms with E-state index in [1.165, 1.54) is 12.3 Å². The predicted octanol–water partition coefficient (Wildman–Crippen LogP) is 1.68. The number of phenols is 1. The van der Waals surface area contributed by atoms with Crippen LogP contribution in [0.5, 0.6) is 5.75 Å². The highest BCUT2D eigenvalue weighted by Crippen LogP contribution is 2.25. The van der Waals surface area contributed by atoms with E-state index in [-0.39, 0.29) is 18.6 Å². The molecule has 2 aromatic carbocycles. The summed E-state index contributed by atoms with van der Waals surface area (Å²) >= 11 is 0. The second kappa shape index (κ2) is 6.71. The normalized spacial score (nSPS) is 12.5. The van der Waals surface area contributed by atoms with Gasteiger partial charge < -0.3 is 15.9 Å². The highest BCUT2D eigenvalue weighted by molar-refractivity contribution is 6.02. The number of fused-ring (bicyclic) bond motifs is 1. The first kappa shape index (κ1) is 15.5. The van der Waals surface area contributed by atoms with Gasteiger partial charge in [-0.25, -0.2) is 4.79 Å². The van der Waals surface area contributed by atoms with Crippen molar-refractivity contribution in [3.8, 4) is 5.75 Å². The fourth-order valence-corrected chi connectivity index (χ4v) is 2.13. The Hall–Kier alpha value is -2.89. The van der Waals surface area contributed by atoms with Crippen molar-refractivity contribution in [1.29, 1.82) is 0 Å². The average molecular weight is 300 g/mol. The van der Waals surface area contributed by atoms with Gasteiger partial charge in [-0.2, -0.15) is 0 Å². The van der Waals surface area contributed by atoms with Gasteiger partial charge in [0.25, 0.3) is 0 Å². The van der Waals surface area contributed by atoms with Crippen LogP contribution in [0.2, 0.25) is 0 Å². The zero-order valence-electron chi connectivity index (χ0n) is 11.8. The minimum atomic E-state index is -1.14. The Morgan fingerprint density at radius 1 is 1.23 bits per heavy atom. The van der Waals surface area contributed by atoms with Gasteiger partial charge in [0.05, 0.1) is 0 Å². The Labute approximate surface area is 126 Å². The van der Waals surface area contributed by atoms with Crippen molar-refractivity contribution in [3.05, 3.63) is 42.0 Å². The molecule has 4 N–H and O–H groups in total. The van der Waals surface area contributed by atoms with Crippen LogP contribution in [-0.2, 0) is 9.59 Å². The molecule has 114 valence electrons. The van der Waals surface area contributed by atoms with Crippen LogP contribution >= 0.6 is 0 Å². The van der Waals surface area contributed by atoms with E-state index in [0.29, 0.717) is 5.56 Å². The number of hydrogen-bond donors (Lipinski definition) is 3. The van der Waals surface area contributed by atoms with Crippen molar-refractivity contribution in [3.63, 3.8) is 0 Å². The number of phenolic OH excluding ortho intramolecular Hbond substituents is 1. The van der Waals surface area contributed by atoms with Crippen molar-refractivity contribution in [2.45, 2.75) is 18.9 Å². The first-order valence-electron chi connectivity index (χ1n) is 6.74. The molecule has 0 radical (unpaired) electrons. The largest absolute Gasteiger partial charge is 0.507 e. The van der Waals surface area contributed by atoms with Gasteiger partial charge in [0.15, 0.2) is 0 Å². The molecule has 0 bridgehead atoms. The number of carbonyl (C=O) groups is 2. The molecule has 0 fully saturated rings. The van der Waals surface area contributed by atoms with E-state index in [9.17, 15) is 14.7 Å². The number of hydrogen-bond acceptors (Lipinski definition) is 4. The lowest BCUT2D eigenvalue weighted by atomic mass is 10.0. The molecule has 2 rings (SSSR count). The minimum Gasteiger partial charge on any atom is -0.507 e. The van der Waals surface area contributed by atoms with Crippen molar-refractivity contribution in [2.24, 2.45) is 10.7 Å². The van der Waals surface area contributed by atoms with Gasteiger partial charge in [0.1, 0.15) is 11.8 Å². The summed E-state index contributed by atoms with van der Waals surface area (Å²) in [5.74, 6) is -1.70. The monoisotopic (exact) mass is 300 g/mol. The molecule has 0 spiro atoms. The van der Waals surface area contributed by atoms with Gasteiger partial charge in [0.2, 0.25) is 5.91 Å². The summed E-state index contributed by atoms with van der Waals surface area (Å²) in [6, 6.07) is 9.61. The van der Waals surface area contributed by atoms with Crippen molar-refractivity contribution in [2.75, 3.05) is 0 Å². The summed E-state index contributed by atoms with van der Waals surface area (Å²) < 4.78 is 0. The first-order valence-corrected chi connectivity index (χ1v) is 6.74. The molecule has 0 heterocycles. The molecule has 2 aromatic rings. The molecule has 1 amide bonds. The molecule has 6 heteroatoms. The molecule has 1 unspecified atom stereocenters. The Kier molecular flexibility index (Phi) is 4.73. The molecule has 0 saturated carbocycles. The number of rotatable bonds is 6. The van der Waals surface area contributed by atoms with Gasteiger partial charge in [-0.05, 0) is 23.3 Å². The SMILES string of the molecule is NC(=O)CCC(N=Cc1c(O)ccc2ccccc12)C(=O)O. The molecule has 6 nitrogen and oxygen atoms in total. The molecule has 0 aromatic heterocycles. The number of nitrogens with two attached hydrogens (primary N) is 1. The zero-order valence-corrected chi connectivity index (χ0v) is 11.8. The van der Waals surface area contributed by atoms with E-state index in [1.807, 2.05) is 24.3 Å². The molecule has 0 aliphatic heterocycles. The Morgan fingerprint density at radius 2 is 1.95 bits per heavy atom. The van der Waals surface area contributed by atoms with Crippen LogP contribution in [-0.4, -0.2) is 34.3 Å². The number of benzene rings is 2. The average Bonchev–Trinajstić information content (AvgIpc) is 2.48. The quantitative estimate of drug-likeness (QED) is 0.704. The first-order chi connectivity index (χ1) is 10.5. The van der Waals surface area contributed by atoms with E-state index >= 15 is 0 Å². The lowest BCUT2D eigenvalue weighted by Gasteiger charge is -2.08. The lowest BCUT2D eigenvalue weighted by molar-refractivity contribution is -0.138. The molecular weight excluding hydrogens is 284 g/mol. The van der Waals surface area contributed by atoms with Crippen molar-refractivity contribution < 1.29 is 19.8 Å². The Bertz CT molecular complexity index is 740. The van der Waals surface area contributed by atoms with Crippen LogP contribution in [0.4, 0.5) is 0 Å². The smallest absolute Gasteiger partial charge is 0.328 e. The van der Waals surface area contributed by atoms with E-state index in [0.717, 1.165) is 10.8 Å². The van der Waals surface area contributed by atoms with Crippen molar-refractivity contribution in [1.82, 2.24) is 0 Å². The highest BCUT2D eigenvalue weighted by atomic mass is 16.4. The summed E-state index contributed by atoms with van der Waals surface area (Å²) in [7, 11) is 0. The Balaban J connectivity index is 2.33. The number of nitrogens with zero attached hydrogens (tertiary/aromatic N) is 1. The van der Waals surface area contributed by atoms with E-state index in [4.69, 9.17) is 10.8 Å². The van der Waals surface area contributed by atoms with Crippen molar-refractivity contribution >= 4 is 28.9 Å². The second-order valence-corrected chi connectivity index (χ2v) is 4.86. The number of carboxylic acids is 1. The van der Waals surface area contributed by atoms with Gasteiger partial charge in [-0.15, -0.1) is 0 Å². The lowest BCUT2D eigenvalue weighted by Crippen LogP contribution is -2.21. The maximum Gasteiger partial charge on any atom is 0.328 e. The summed E-state index contributed by atoms with van der Waals surface area (Å²) in [6.07, 6.45) is 1.29. The maximum atomic E-state index is 11.2. The van der Waals surface area contributed by atoms with Crippen LogP contribution < -0.4 is 5.73 Å². The molecule has 22 heavy (non-hydrogen) atoms. The summed E-state index contributed by atoms with van der Waals surface area (Å²) in [5, 5.41) is 20.8. The summed E-state index contributed by atoms with van der Waals surface area (Å²) in [4.78, 5) is 25.9. The molecule has 1 atom stereocenters. The molecule has 0 aliphatic rings. The van der Waals surface area contributed by atoms with Gasteiger partial charge >= 0.3 is 5.97 Å². The molecular formula is C16H16N2O4. The zero-order chi connectivity index (χ0) is 16.1. The summed E-state index contributed by atoms with van der Waals surface area (Å²) in [5.41, 5.74) is 5.47. The third-order valence-electron chi connectivity index (χ3n) is 3.28. The van der Waals surface area contributed by atoms with Crippen LogP contribution in [0, 0.1) is 0 Å². The van der Waals surface area contributed by atoms with Crippen LogP contribution in [0.25, 0.3) is 10.8 Å². The van der Waals surface area contributed by atoms with Crippen LogP contribution in [0.1, 0.15) is 18.4 Å². The van der Waals surface area contributed by atoms with Gasteiger partial charge in [0, 0.05) is 18.2 Å². The maximum absolute atomic E-state index is 11.2. The van der Waals surface area contributed by atoms with Gasteiger partial charge in [-0.1, -0.05) is 30.3 Å². The third kappa shape index (κ3) is 3.60. The molecule has 0 saturated heterocycles. The highest BCUT2D eigenvalue weighted by Gasteiger charge is 2.16. The number of amides is 1. The van der Waals surface area contributed by atoms with Crippen LogP contribution in [0.15, 0.2) is 41.4 Å². The fraction of sp³-hybridized carbons (Fsp3) is 0.188. The predicted molar refractivity (Wildman–Crippen MR) is 83.1 cm³/mol. The molecule has 0 aliphatic carbocycles. The standard InChI is InChI=1S/C16H16N2O4/c17-15(20)8-6-13(16(21)22)18-9-12-11-4-2-1-3-10(11)5-7-14(12)19/h1-5,7,9,13,19H,6,8H2,(H2,17,20)(H,21,22). The fourth-order valence-electron chi connectivity index (χ4n) is 2.13. The number of primary amides is 1. The number of carbonyl (C=O) groups excluding carboxylic acids is 1. The van der Waals surface area contributed by atoms with Gasteiger partial charge in [-0.3, -0.25) is 9.79 Å². The topological polar surface area (TPSA) is 113 Å². The number of aliphatic carboxylic acids is 1. The number of carboxylic acid groups (broad SMARTS) is 1. The third-order valence-corrected chi connectivity index (χ3v) is 3.28. The van der Waals surface area contributed by atoms with E-state index in [2.05, 4.69) is 4.99 Å². The second-order valence-electron chi connectivity index (χ2n) is 4.86. The van der Waals surface area contributed by atoms with E-state index in [1.54, 1.807) is 6.07 Å². The summed E-state index contributed by atoms with van der Waals surface area (Å²) in [6.45, 7) is 0. The van der Waals surface area contributed by atoms with E-state index < -0.39 is 17.9 Å². The Morgan fingerprint density at radius 3 is 2.64 bits per heavy atom. The minimum absolute atomic E-state index is 0.0153. The van der Waals surface area contributed by atoms with Crippen LogP contribution in [0.3, 0.4) is 0 Å². The number of aromatic hydroxyl groups is 1. The number of aliphatic imine (C=N–C) groups is 1.